The average molecular weight is 629 g/mol. The predicted molar refractivity (Wildman–Crippen MR) is 199 cm³/mol. The van der Waals surface area contributed by atoms with Gasteiger partial charge in [0.1, 0.15) is 11.9 Å². The predicted octanol–water partition coefficient (Wildman–Crippen LogP) is 10.5. The van der Waals surface area contributed by atoms with E-state index in [9.17, 15) is 0 Å². The molecule has 3 aromatic heterocycles. The van der Waals surface area contributed by atoms with Crippen LogP contribution in [0.15, 0.2) is 158 Å². The number of allylic oxidation sites excluding steroid dienone is 2. The number of benzene rings is 6. The second-order valence-electron chi connectivity index (χ2n) is 12.9. The number of hydrogen-bond donors (Lipinski definition) is 0. The molecule has 0 amide bonds. The van der Waals surface area contributed by atoms with E-state index in [-0.39, 0.29) is 12.0 Å². The highest BCUT2D eigenvalue weighted by Gasteiger charge is 2.32. The van der Waals surface area contributed by atoms with Gasteiger partial charge in [0.15, 0.2) is 5.82 Å². The Bertz CT molecular complexity index is 2860. The van der Waals surface area contributed by atoms with Gasteiger partial charge in [-0.3, -0.25) is 0 Å². The van der Waals surface area contributed by atoms with Crippen molar-refractivity contribution in [3.8, 4) is 28.5 Å². The number of fused-ring (bicyclic) bond motifs is 9. The van der Waals surface area contributed by atoms with E-state index in [1.807, 2.05) is 12.1 Å². The Kier molecular flexibility index (Phi) is 5.44. The van der Waals surface area contributed by atoms with E-state index in [4.69, 9.17) is 14.7 Å². The summed E-state index contributed by atoms with van der Waals surface area (Å²) in [6, 6.07) is 47.6. The van der Waals surface area contributed by atoms with Crippen molar-refractivity contribution < 1.29 is 4.74 Å². The Hall–Kier alpha value is -6.46. The van der Waals surface area contributed by atoms with E-state index < -0.39 is 0 Å². The number of aromatic nitrogens is 4. The first-order valence-corrected chi connectivity index (χ1v) is 16.8. The smallest absolute Gasteiger partial charge is 0.160 e. The molecule has 0 N–H and O–H groups in total. The molecule has 9 aromatic rings. The maximum Gasteiger partial charge on any atom is 0.160 e. The first-order chi connectivity index (χ1) is 24.3. The third-order valence-corrected chi connectivity index (χ3v) is 10.2. The van der Waals surface area contributed by atoms with Crippen LogP contribution in [0, 0.1) is 0 Å². The van der Waals surface area contributed by atoms with Gasteiger partial charge < -0.3 is 13.9 Å². The Morgan fingerprint density at radius 3 is 1.86 bits per heavy atom. The third-order valence-electron chi connectivity index (χ3n) is 10.2. The second kappa shape index (κ2) is 10.0. The summed E-state index contributed by atoms with van der Waals surface area (Å²) in [6.07, 6.45) is 8.37. The third kappa shape index (κ3) is 3.75. The quantitative estimate of drug-likeness (QED) is 0.196. The molecule has 4 heterocycles. The number of ether oxygens (including phenoxy) is 1. The van der Waals surface area contributed by atoms with E-state index in [0.717, 1.165) is 45.1 Å². The van der Waals surface area contributed by atoms with Gasteiger partial charge in [-0.05, 0) is 66.7 Å². The Morgan fingerprint density at radius 1 is 0.510 bits per heavy atom. The summed E-state index contributed by atoms with van der Waals surface area (Å²) in [5.74, 6) is 1.63. The molecular weight excluding hydrogens is 601 g/mol. The summed E-state index contributed by atoms with van der Waals surface area (Å²) in [5.41, 5.74) is 9.89. The minimum atomic E-state index is -0.0631. The molecule has 11 rings (SSSR count). The maximum atomic E-state index is 6.34. The van der Waals surface area contributed by atoms with E-state index in [2.05, 4.69) is 155 Å². The van der Waals surface area contributed by atoms with Crippen LogP contribution in [0.5, 0.6) is 5.75 Å². The first-order valence-electron chi connectivity index (χ1n) is 16.8. The highest BCUT2D eigenvalue weighted by Crippen LogP contribution is 2.43. The van der Waals surface area contributed by atoms with Crippen LogP contribution >= 0.6 is 0 Å². The molecule has 230 valence electrons. The molecule has 1 aliphatic carbocycles. The molecule has 0 saturated carbocycles. The van der Waals surface area contributed by atoms with Gasteiger partial charge in [0, 0.05) is 38.5 Å². The SMILES string of the molecule is C1=CC2Oc3cccc4nc(-c5ccc(-n6c7ccccc7c7ccc8c9ccccc9n(-c9ccccc9)c8c76)cc5)nc(c34)C2C=C1. The van der Waals surface area contributed by atoms with Crippen molar-refractivity contribution in [1.82, 2.24) is 19.1 Å². The van der Waals surface area contributed by atoms with Crippen LogP contribution in [-0.4, -0.2) is 25.2 Å². The molecule has 0 radical (unpaired) electrons. The lowest BCUT2D eigenvalue weighted by Gasteiger charge is -2.31. The van der Waals surface area contributed by atoms with Gasteiger partial charge in [-0.15, -0.1) is 0 Å². The molecule has 5 heteroatoms. The van der Waals surface area contributed by atoms with E-state index >= 15 is 0 Å². The first kappa shape index (κ1) is 26.6. The monoisotopic (exact) mass is 628 g/mol. The molecule has 0 spiro atoms. The van der Waals surface area contributed by atoms with E-state index in [0.29, 0.717) is 0 Å². The standard InChI is InChI=1S/C44H28N4O/c1-2-11-28(12-3-1)47-36-17-7-4-13-30(36)32-25-26-33-31-14-5-8-18-37(31)48(43(33)42(32)47)29-23-21-27(22-24-29)44-45-35-16-10-20-39-40(35)41(46-44)34-15-6-9-19-38(34)49-39/h1-26,34,38H. The number of nitrogens with zero attached hydrogens (tertiary/aromatic N) is 4. The molecule has 0 fully saturated rings. The van der Waals surface area contributed by atoms with Crippen LogP contribution in [-0.2, 0) is 0 Å². The van der Waals surface area contributed by atoms with Crippen LogP contribution in [0.4, 0.5) is 0 Å². The summed E-state index contributed by atoms with van der Waals surface area (Å²) >= 11 is 0. The van der Waals surface area contributed by atoms with Crippen molar-refractivity contribution in [2.45, 2.75) is 12.0 Å². The number of hydrogen-bond acceptors (Lipinski definition) is 3. The van der Waals surface area contributed by atoms with Crippen LogP contribution in [0.25, 0.3) is 77.3 Å². The zero-order valence-electron chi connectivity index (χ0n) is 26.4. The van der Waals surface area contributed by atoms with Gasteiger partial charge in [-0.25, -0.2) is 9.97 Å². The Balaban J connectivity index is 1.15. The van der Waals surface area contributed by atoms with Crippen molar-refractivity contribution in [1.29, 1.82) is 0 Å². The van der Waals surface area contributed by atoms with Gasteiger partial charge in [0.25, 0.3) is 0 Å². The molecule has 1 aliphatic heterocycles. The molecule has 5 nitrogen and oxygen atoms in total. The fourth-order valence-corrected chi connectivity index (χ4v) is 8.11. The normalized spacial score (nSPS) is 16.6. The van der Waals surface area contributed by atoms with Gasteiger partial charge >= 0.3 is 0 Å². The topological polar surface area (TPSA) is 44.9 Å². The largest absolute Gasteiger partial charge is 0.485 e. The van der Waals surface area contributed by atoms with Crippen LogP contribution in [0.1, 0.15) is 11.6 Å². The Morgan fingerprint density at radius 2 is 1.14 bits per heavy atom. The van der Waals surface area contributed by atoms with Gasteiger partial charge in [0.2, 0.25) is 0 Å². The van der Waals surface area contributed by atoms with Crippen molar-refractivity contribution in [2.24, 2.45) is 0 Å². The van der Waals surface area contributed by atoms with Crippen LogP contribution < -0.4 is 4.74 Å². The Labute approximate surface area is 281 Å². The maximum absolute atomic E-state index is 6.34. The number of rotatable bonds is 3. The minimum absolute atomic E-state index is 0.0554. The van der Waals surface area contributed by atoms with Crippen molar-refractivity contribution in [3.63, 3.8) is 0 Å². The summed E-state index contributed by atoms with van der Waals surface area (Å²) in [5, 5.41) is 5.94. The fourth-order valence-electron chi connectivity index (χ4n) is 8.11. The zero-order valence-corrected chi connectivity index (χ0v) is 26.4. The second-order valence-corrected chi connectivity index (χ2v) is 12.9. The minimum Gasteiger partial charge on any atom is -0.485 e. The summed E-state index contributed by atoms with van der Waals surface area (Å²) < 4.78 is 11.2. The van der Waals surface area contributed by atoms with Crippen molar-refractivity contribution >= 4 is 54.5 Å². The summed E-state index contributed by atoms with van der Waals surface area (Å²) in [4.78, 5) is 10.2. The lowest BCUT2D eigenvalue weighted by Crippen LogP contribution is -2.28. The van der Waals surface area contributed by atoms with Gasteiger partial charge in [-0.2, -0.15) is 0 Å². The average Bonchev–Trinajstić information content (AvgIpc) is 3.68. The van der Waals surface area contributed by atoms with E-state index in [1.54, 1.807) is 0 Å². The highest BCUT2D eigenvalue weighted by molar-refractivity contribution is 6.23. The number of para-hydroxylation sites is 3. The van der Waals surface area contributed by atoms with E-state index in [1.165, 1.54) is 43.6 Å². The molecule has 2 aliphatic rings. The summed E-state index contributed by atoms with van der Waals surface area (Å²) in [7, 11) is 0. The molecule has 0 bridgehead atoms. The van der Waals surface area contributed by atoms with Crippen molar-refractivity contribution in [2.75, 3.05) is 0 Å². The molecular formula is C44H28N4O. The van der Waals surface area contributed by atoms with Gasteiger partial charge in [-0.1, -0.05) is 91.0 Å². The van der Waals surface area contributed by atoms with Crippen LogP contribution in [0.3, 0.4) is 0 Å². The molecule has 2 atom stereocenters. The highest BCUT2D eigenvalue weighted by atomic mass is 16.5. The van der Waals surface area contributed by atoms with Gasteiger partial charge in [0.05, 0.1) is 44.6 Å². The molecule has 0 saturated heterocycles. The molecule has 2 unspecified atom stereocenters. The molecule has 6 aromatic carbocycles. The summed E-state index contributed by atoms with van der Waals surface area (Å²) in [6.45, 7) is 0. The molecule has 49 heavy (non-hydrogen) atoms. The zero-order chi connectivity index (χ0) is 32.1. The lowest BCUT2D eigenvalue weighted by molar-refractivity contribution is 0.225. The lowest BCUT2D eigenvalue weighted by atomic mass is 9.89. The van der Waals surface area contributed by atoms with Crippen LogP contribution in [0.2, 0.25) is 0 Å². The fraction of sp³-hybridized carbons (Fsp3) is 0.0455. The van der Waals surface area contributed by atoms with Crippen molar-refractivity contribution in [3.05, 3.63) is 163 Å².